The number of hydrogen-bond donors (Lipinski definition) is 1. The van der Waals surface area contributed by atoms with E-state index in [0.717, 1.165) is 48.3 Å². The van der Waals surface area contributed by atoms with Crippen molar-refractivity contribution < 1.29 is 14.6 Å². The summed E-state index contributed by atoms with van der Waals surface area (Å²) in [6, 6.07) is 4.13. The largest absolute Gasteiger partial charge is 0.312 e. The van der Waals surface area contributed by atoms with Crippen LogP contribution in [0.25, 0.3) is 0 Å². The lowest BCUT2D eigenvalue weighted by Crippen LogP contribution is -2.13. The van der Waals surface area contributed by atoms with Gasteiger partial charge in [-0.05, 0) is 38.2 Å². The minimum absolute atomic E-state index is 0.120. The van der Waals surface area contributed by atoms with E-state index >= 15 is 0 Å². The lowest BCUT2D eigenvalue weighted by Gasteiger charge is -2.09. The number of nitrogens with zero attached hydrogens (tertiary/aromatic N) is 3. The molecule has 1 heterocycles. The summed E-state index contributed by atoms with van der Waals surface area (Å²) < 4.78 is 0. The second-order valence-electron chi connectivity index (χ2n) is 6.13. The molecule has 0 aliphatic heterocycles. The molecule has 27 heavy (non-hydrogen) atoms. The van der Waals surface area contributed by atoms with E-state index in [-0.39, 0.29) is 11.1 Å². The highest BCUT2D eigenvalue weighted by Gasteiger charge is 2.27. The van der Waals surface area contributed by atoms with E-state index in [1.54, 1.807) is 0 Å². The van der Waals surface area contributed by atoms with Crippen molar-refractivity contribution in [3.63, 3.8) is 0 Å². The third kappa shape index (κ3) is 3.37. The number of nitro benzene ring substituents is 2. The molecule has 1 N–H and O–H groups in total. The number of carbonyl (C=O) groups excluding carboxylic acids is 1. The van der Waals surface area contributed by atoms with Gasteiger partial charge in [-0.3, -0.25) is 25.0 Å². The van der Waals surface area contributed by atoms with E-state index in [2.05, 4.69) is 11.4 Å². The van der Waals surface area contributed by atoms with Crippen molar-refractivity contribution in [2.45, 2.75) is 32.6 Å². The number of benzene rings is 1. The summed E-state index contributed by atoms with van der Waals surface area (Å²) in [6.45, 7) is 1.26. The lowest BCUT2D eigenvalue weighted by molar-refractivity contribution is -0.395. The van der Waals surface area contributed by atoms with Gasteiger partial charge in [-0.25, -0.2) is 0 Å². The number of hydrogen-bond acceptors (Lipinski definition) is 7. The first-order valence-corrected chi connectivity index (χ1v) is 8.94. The zero-order valence-electron chi connectivity index (χ0n) is 14.3. The van der Waals surface area contributed by atoms with Crippen LogP contribution in [0.4, 0.5) is 16.4 Å². The maximum Gasteiger partial charge on any atom is 0.279 e. The van der Waals surface area contributed by atoms with Gasteiger partial charge in [0.15, 0.2) is 0 Å². The molecule has 0 unspecified atom stereocenters. The van der Waals surface area contributed by atoms with Crippen LogP contribution < -0.4 is 5.32 Å². The monoisotopic (exact) mass is 386 g/mol. The molecule has 0 radical (unpaired) electrons. The number of fused-ring (bicyclic) bond motifs is 1. The molecule has 1 aliphatic rings. The number of rotatable bonds is 4. The van der Waals surface area contributed by atoms with Crippen LogP contribution in [0, 0.1) is 38.5 Å². The van der Waals surface area contributed by atoms with Crippen LogP contribution >= 0.6 is 11.3 Å². The number of anilines is 1. The van der Waals surface area contributed by atoms with Crippen molar-refractivity contribution in [2.24, 2.45) is 0 Å². The van der Waals surface area contributed by atoms with Crippen molar-refractivity contribution >= 4 is 33.6 Å². The summed E-state index contributed by atoms with van der Waals surface area (Å²) >= 11 is 1.31. The minimum atomic E-state index is -0.760. The van der Waals surface area contributed by atoms with Gasteiger partial charge in [0.2, 0.25) is 0 Å². The van der Waals surface area contributed by atoms with Crippen LogP contribution in [0.3, 0.4) is 0 Å². The molecule has 0 atom stereocenters. The number of thiophene rings is 1. The van der Waals surface area contributed by atoms with E-state index in [9.17, 15) is 30.3 Å². The average Bonchev–Trinajstić information content (AvgIpc) is 2.98. The van der Waals surface area contributed by atoms with Gasteiger partial charge in [-0.2, -0.15) is 5.26 Å². The standard InChI is InChI=1S/C17H14N4O5S/c1-9-13(20(23)24)6-10(7-14(9)21(25)26)16(22)19-17-12(8-18)11-4-2-3-5-15(11)27-17/h6-7H,2-5H2,1H3,(H,19,22). The number of nitriles is 1. The Labute approximate surface area is 157 Å². The molecular formula is C17H14N4O5S. The molecule has 1 aromatic heterocycles. The summed E-state index contributed by atoms with van der Waals surface area (Å²) in [4.78, 5) is 34.5. The third-order valence-corrected chi connectivity index (χ3v) is 5.73. The van der Waals surface area contributed by atoms with Crippen LogP contribution in [-0.2, 0) is 12.8 Å². The molecule has 0 bridgehead atoms. The van der Waals surface area contributed by atoms with E-state index < -0.39 is 27.1 Å². The average molecular weight is 386 g/mol. The molecule has 0 saturated carbocycles. The smallest absolute Gasteiger partial charge is 0.279 e. The zero-order valence-corrected chi connectivity index (χ0v) is 15.1. The number of aryl methyl sites for hydroxylation is 1. The highest BCUT2D eigenvalue weighted by molar-refractivity contribution is 7.16. The summed E-state index contributed by atoms with van der Waals surface area (Å²) in [7, 11) is 0. The molecule has 138 valence electrons. The Morgan fingerprint density at radius 2 is 1.78 bits per heavy atom. The van der Waals surface area contributed by atoms with E-state index in [1.807, 2.05) is 0 Å². The van der Waals surface area contributed by atoms with Gasteiger partial charge in [0.05, 0.1) is 21.0 Å². The molecule has 9 nitrogen and oxygen atoms in total. The first kappa shape index (κ1) is 18.5. The molecule has 0 fully saturated rings. The predicted molar refractivity (Wildman–Crippen MR) is 98.1 cm³/mol. The Kier molecular flexibility index (Phi) is 4.87. The maximum atomic E-state index is 12.6. The number of nitrogens with one attached hydrogen (secondary N) is 1. The summed E-state index contributed by atoms with van der Waals surface area (Å²) in [5.74, 6) is -0.726. The van der Waals surface area contributed by atoms with Gasteiger partial charge >= 0.3 is 0 Å². The Balaban J connectivity index is 2.00. The van der Waals surface area contributed by atoms with Gasteiger partial charge in [-0.1, -0.05) is 0 Å². The van der Waals surface area contributed by atoms with Crippen molar-refractivity contribution in [1.29, 1.82) is 5.26 Å². The van der Waals surface area contributed by atoms with Crippen molar-refractivity contribution in [3.8, 4) is 6.07 Å². The van der Waals surface area contributed by atoms with Gasteiger partial charge in [-0.15, -0.1) is 11.3 Å². The van der Waals surface area contributed by atoms with Gasteiger partial charge in [0.25, 0.3) is 17.3 Å². The van der Waals surface area contributed by atoms with Crippen LogP contribution in [0.15, 0.2) is 12.1 Å². The van der Waals surface area contributed by atoms with Crippen LogP contribution in [-0.4, -0.2) is 15.8 Å². The van der Waals surface area contributed by atoms with Gasteiger partial charge < -0.3 is 5.32 Å². The minimum Gasteiger partial charge on any atom is -0.312 e. The van der Waals surface area contributed by atoms with Crippen molar-refractivity contribution in [1.82, 2.24) is 0 Å². The normalized spacial score (nSPS) is 12.7. The maximum absolute atomic E-state index is 12.6. The SMILES string of the molecule is Cc1c([N+](=O)[O-])cc(C(=O)Nc2sc3c(c2C#N)CCCC3)cc1[N+](=O)[O-]. The summed E-state index contributed by atoms with van der Waals surface area (Å²) in [6.07, 6.45) is 3.60. The van der Waals surface area contributed by atoms with Gasteiger partial charge in [0, 0.05) is 17.0 Å². The second-order valence-corrected chi connectivity index (χ2v) is 7.24. The van der Waals surface area contributed by atoms with Crippen molar-refractivity contribution in [2.75, 3.05) is 5.32 Å². The zero-order chi connectivity index (χ0) is 19.7. The topological polar surface area (TPSA) is 139 Å². The Morgan fingerprint density at radius 1 is 1.19 bits per heavy atom. The first-order chi connectivity index (χ1) is 12.8. The van der Waals surface area contributed by atoms with E-state index in [1.165, 1.54) is 18.3 Å². The van der Waals surface area contributed by atoms with Crippen LogP contribution in [0.2, 0.25) is 0 Å². The van der Waals surface area contributed by atoms with Crippen molar-refractivity contribution in [3.05, 3.63) is 59.5 Å². The van der Waals surface area contributed by atoms with Gasteiger partial charge in [0.1, 0.15) is 16.6 Å². The third-order valence-electron chi connectivity index (χ3n) is 4.52. The highest BCUT2D eigenvalue weighted by atomic mass is 32.1. The summed E-state index contributed by atoms with van der Waals surface area (Å²) in [5, 5.41) is 34.8. The predicted octanol–water partition coefficient (Wildman–Crippen LogP) is 3.88. The number of nitro groups is 2. The molecule has 3 rings (SSSR count). The first-order valence-electron chi connectivity index (χ1n) is 8.13. The van der Waals surface area contributed by atoms with E-state index in [0.29, 0.717) is 10.6 Å². The van der Waals surface area contributed by atoms with E-state index in [4.69, 9.17) is 0 Å². The second kappa shape index (κ2) is 7.13. The molecule has 10 heteroatoms. The fraction of sp³-hybridized carbons (Fsp3) is 0.294. The Morgan fingerprint density at radius 3 is 2.33 bits per heavy atom. The van der Waals surface area contributed by atoms with Crippen LogP contribution in [0.1, 0.15) is 44.8 Å². The number of carbonyl (C=O) groups is 1. The molecule has 0 saturated heterocycles. The Bertz CT molecular complexity index is 986. The summed E-state index contributed by atoms with van der Waals surface area (Å²) in [5.41, 5.74) is 0.0184. The molecule has 2 aromatic rings. The number of amides is 1. The fourth-order valence-corrected chi connectivity index (χ4v) is 4.38. The Hall–Kier alpha value is -3.32. The molecule has 0 spiro atoms. The lowest BCUT2D eigenvalue weighted by atomic mass is 9.96. The molecule has 1 aromatic carbocycles. The fourth-order valence-electron chi connectivity index (χ4n) is 3.14. The molecule has 1 aliphatic carbocycles. The quantitative estimate of drug-likeness (QED) is 0.625. The molecule has 1 amide bonds. The highest BCUT2D eigenvalue weighted by Crippen LogP contribution is 2.38. The van der Waals surface area contributed by atoms with Crippen LogP contribution in [0.5, 0.6) is 0 Å². The molecular weight excluding hydrogens is 372 g/mol.